The van der Waals surface area contributed by atoms with Crippen molar-refractivity contribution in [1.82, 2.24) is 14.1 Å². The topological polar surface area (TPSA) is 55.2 Å². The Labute approximate surface area is 154 Å². The van der Waals surface area contributed by atoms with E-state index in [2.05, 4.69) is 5.10 Å². The SMILES string of the molecule is CN(Cc1cnn(-c2ccccc2)c1)S(=O)(=O)c1ccccc1C(F)(F)F. The highest BCUT2D eigenvalue weighted by Gasteiger charge is 2.38. The van der Waals surface area contributed by atoms with Crippen LogP contribution in [0.2, 0.25) is 0 Å². The Morgan fingerprint density at radius 3 is 2.33 bits per heavy atom. The maximum Gasteiger partial charge on any atom is 0.417 e. The Hall–Kier alpha value is -2.65. The molecule has 0 aliphatic heterocycles. The van der Waals surface area contributed by atoms with Crippen molar-refractivity contribution in [2.75, 3.05) is 7.05 Å². The molecule has 2 aromatic carbocycles. The molecular weight excluding hydrogens is 379 g/mol. The Morgan fingerprint density at radius 1 is 1.04 bits per heavy atom. The molecular formula is C18H16F3N3O2S. The van der Waals surface area contributed by atoms with Crippen LogP contribution in [0.1, 0.15) is 11.1 Å². The van der Waals surface area contributed by atoms with Crippen LogP contribution in [0.4, 0.5) is 13.2 Å². The van der Waals surface area contributed by atoms with Gasteiger partial charge < -0.3 is 0 Å². The van der Waals surface area contributed by atoms with Crippen LogP contribution in [0.5, 0.6) is 0 Å². The minimum atomic E-state index is -4.76. The molecule has 0 bridgehead atoms. The third kappa shape index (κ3) is 4.04. The van der Waals surface area contributed by atoms with Crippen molar-refractivity contribution in [3.05, 3.63) is 78.1 Å². The molecule has 0 unspecified atom stereocenters. The largest absolute Gasteiger partial charge is 0.417 e. The third-order valence-electron chi connectivity index (χ3n) is 3.94. The van der Waals surface area contributed by atoms with Gasteiger partial charge in [-0.05, 0) is 24.3 Å². The number of hydrogen-bond donors (Lipinski definition) is 0. The lowest BCUT2D eigenvalue weighted by atomic mass is 10.2. The first-order valence-corrected chi connectivity index (χ1v) is 9.35. The number of rotatable bonds is 5. The van der Waals surface area contributed by atoms with E-state index in [1.54, 1.807) is 10.9 Å². The van der Waals surface area contributed by atoms with Gasteiger partial charge in [0.1, 0.15) is 0 Å². The van der Waals surface area contributed by atoms with Crippen LogP contribution in [-0.4, -0.2) is 29.6 Å². The summed E-state index contributed by atoms with van der Waals surface area (Å²) < 4.78 is 67.3. The molecule has 3 aromatic rings. The molecule has 0 spiro atoms. The third-order valence-corrected chi connectivity index (χ3v) is 5.80. The van der Waals surface area contributed by atoms with Crippen LogP contribution in [0, 0.1) is 0 Å². The molecule has 0 saturated heterocycles. The van der Waals surface area contributed by atoms with Crippen molar-refractivity contribution in [2.24, 2.45) is 0 Å². The molecule has 1 aromatic heterocycles. The van der Waals surface area contributed by atoms with Crippen molar-refractivity contribution in [3.63, 3.8) is 0 Å². The molecule has 0 amide bonds. The first kappa shape index (κ1) is 19.1. The van der Waals surface area contributed by atoms with E-state index in [0.29, 0.717) is 5.56 Å². The van der Waals surface area contributed by atoms with Gasteiger partial charge in [-0.25, -0.2) is 13.1 Å². The molecule has 0 aliphatic rings. The number of halogens is 3. The maximum atomic E-state index is 13.2. The summed E-state index contributed by atoms with van der Waals surface area (Å²) in [7, 11) is -3.09. The zero-order valence-electron chi connectivity index (χ0n) is 14.3. The van der Waals surface area contributed by atoms with Gasteiger partial charge in [0, 0.05) is 25.4 Å². The molecule has 3 rings (SSSR count). The van der Waals surface area contributed by atoms with Crippen molar-refractivity contribution >= 4 is 10.0 Å². The number of para-hydroxylation sites is 1. The maximum absolute atomic E-state index is 13.2. The molecule has 0 fully saturated rings. The lowest BCUT2D eigenvalue weighted by Gasteiger charge is -2.19. The zero-order valence-corrected chi connectivity index (χ0v) is 15.1. The van der Waals surface area contributed by atoms with Gasteiger partial charge >= 0.3 is 6.18 Å². The number of hydrogen-bond acceptors (Lipinski definition) is 3. The lowest BCUT2D eigenvalue weighted by Crippen LogP contribution is -2.28. The summed E-state index contributed by atoms with van der Waals surface area (Å²) >= 11 is 0. The van der Waals surface area contributed by atoms with Crippen LogP contribution in [-0.2, 0) is 22.7 Å². The fourth-order valence-electron chi connectivity index (χ4n) is 2.60. The van der Waals surface area contributed by atoms with Crippen molar-refractivity contribution in [3.8, 4) is 5.69 Å². The average Bonchev–Trinajstić information content (AvgIpc) is 3.10. The van der Waals surface area contributed by atoms with Crippen LogP contribution in [0.3, 0.4) is 0 Å². The van der Waals surface area contributed by atoms with E-state index >= 15 is 0 Å². The molecule has 0 radical (unpaired) electrons. The minimum absolute atomic E-state index is 0.110. The normalized spacial score (nSPS) is 12.5. The Balaban J connectivity index is 1.87. The van der Waals surface area contributed by atoms with E-state index in [-0.39, 0.29) is 6.54 Å². The van der Waals surface area contributed by atoms with E-state index in [1.165, 1.54) is 19.3 Å². The first-order chi connectivity index (χ1) is 12.7. The summed E-state index contributed by atoms with van der Waals surface area (Å²) in [4.78, 5) is -0.768. The number of aromatic nitrogens is 2. The predicted molar refractivity (Wildman–Crippen MR) is 93.7 cm³/mol. The van der Waals surface area contributed by atoms with Crippen molar-refractivity contribution in [2.45, 2.75) is 17.6 Å². The number of nitrogens with zero attached hydrogens (tertiary/aromatic N) is 3. The quantitative estimate of drug-likeness (QED) is 0.662. The second-order valence-electron chi connectivity index (χ2n) is 5.88. The molecule has 0 saturated carbocycles. The van der Waals surface area contributed by atoms with Crippen LogP contribution < -0.4 is 0 Å². The highest BCUT2D eigenvalue weighted by molar-refractivity contribution is 7.89. The van der Waals surface area contributed by atoms with E-state index < -0.39 is 26.7 Å². The number of benzene rings is 2. The van der Waals surface area contributed by atoms with E-state index in [4.69, 9.17) is 0 Å². The number of sulfonamides is 1. The molecule has 0 aliphatic carbocycles. The highest BCUT2D eigenvalue weighted by atomic mass is 32.2. The summed E-state index contributed by atoms with van der Waals surface area (Å²) in [6.45, 7) is -0.110. The van der Waals surface area contributed by atoms with Gasteiger partial charge in [0.15, 0.2) is 0 Å². The Bertz CT molecular complexity index is 1030. The van der Waals surface area contributed by atoms with Gasteiger partial charge in [-0.15, -0.1) is 0 Å². The fraction of sp³-hybridized carbons (Fsp3) is 0.167. The van der Waals surface area contributed by atoms with E-state index in [9.17, 15) is 21.6 Å². The van der Waals surface area contributed by atoms with Gasteiger partial charge in [-0.2, -0.15) is 22.6 Å². The summed E-state index contributed by atoms with van der Waals surface area (Å²) in [6.07, 6.45) is -1.64. The molecule has 27 heavy (non-hydrogen) atoms. The lowest BCUT2D eigenvalue weighted by molar-refractivity contribution is -0.139. The number of alkyl halides is 3. The molecule has 1 heterocycles. The second kappa shape index (κ2) is 7.16. The minimum Gasteiger partial charge on any atom is -0.241 e. The average molecular weight is 395 g/mol. The zero-order chi connectivity index (χ0) is 19.7. The van der Waals surface area contributed by atoms with Crippen molar-refractivity contribution < 1.29 is 21.6 Å². The van der Waals surface area contributed by atoms with Gasteiger partial charge in [0.2, 0.25) is 10.0 Å². The monoisotopic (exact) mass is 395 g/mol. The van der Waals surface area contributed by atoms with Crippen LogP contribution in [0.15, 0.2) is 71.9 Å². The van der Waals surface area contributed by atoms with Crippen molar-refractivity contribution in [1.29, 1.82) is 0 Å². The molecule has 142 valence electrons. The highest BCUT2D eigenvalue weighted by Crippen LogP contribution is 2.35. The van der Waals surface area contributed by atoms with Gasteiger partial charge in [0.05, 0.1) is 22.3 Å². The van der Waals surface area contributed by atoms with Gasteiger partial charge in [-0.3, -0.25) is 0 Å². The summed E-state index contributed by atoms with van der Waals surface area (Å²) in [6, 6.07) is 13.3. The Kier molecular flexibility index (Phi) is 5.07. The van der Waals surface area contributed by atoms with E-state index in [1.807, 2.05) is 30.3 Å². The standard InChI is InChI=1S/C18H16F3N3O2S/c1-23(12-14-11-22-24(13-14)15-7-3-2-4-8-15)27(25,26)17-10-6-5-9-16(17)18(19,20)21/h2-11,13H,12H2,1H3. The Morgan fingerprint density at radius 2 is 1.67 bits per heavy atom. The fourth-order valence-corrected chi connectivity index (χ4v) is 3.97. The summed E-state index contributed by atoms with van der Waals surface area (Å²) in [5.74, 6) is 0. The van der Waals surface area contributed by atoms with Crippen LogP contribution in [0.25, 0.3) is 5.69 Å². The molecule has 5 nitrogen and oxygen atoms in total. The van der Waals surface area contributed by atoms with Crippen LogP contribution >= 0.6 is 0 Å². The molecule has 0 N–H and O–H groups in total. The van der Waals surface area contributed by atoms with Gasteiger partial charge in [-0.1, -0.05) is 30.3 Å². The molecule has 9 heteroatoms. The first-order valence-electron chi connectivity index (χ1n) is 7.91. The predicted octanol–water partition coefficient (Wildman–Crippen LogP) is 3.71. The molecule has 0 atom stereocenters. The summed E-state index contributed by atoms with van der Waals surface area (Å²) in [5, 5.41) is 4.17. The second-order valence-corrected chi connectivity index (χ2v) is 7.90. The van der Waals surface area contributed by atoms with E-state index in [0.717, 1.165) is 28.2 Å². The summed E-state index contributed by atoms with van der Waals surface area (Å²) in [5.41, 5.74) is 0.155. The van der Waals surface area contributed by atoms with Gasteiger partial charge in [0.25, 0.3) is 0 Å². The smallest absolute Gasteiger partial charge is 0.241 e.